The van der Waals surface area contributed by atoms with Crippen molar-refractivity contribution >= 4 is 23.9 Å². The largest absolute Gasteiger partial charge is 0.481 e. The number of fused-ring (bicyclic) bond motifs is 2. The SMILES string of the molecule is CN1CCN([C@H](CCC(=O)O)C(=O)O)Cc2cccc(n2)CN([C@H](CCC(=O)O)C(=O)O)CC1. The van der Waals surface area contributed by atoms with Crippen LogP contribution in [0.2, 0.25) is 0 Å². The second-order valence-electron chi connectivity index (χ2n) is 8.44. The maximum Gasteiger partial charge on any atom is 0.320 e. The smallest absolute Gasteiger partial charge is 0.320 e. The van der Waals surface area contributed by atoms with Crippen LogP contribution < -0.4 is 0 Å². The van der Waals surface area contributed by atoms with Crippen LogP contribution in [0.5, 0.6) is 0 Å². The van der Waals surface area contributed by atoms with Crippen molar-refractivity contribution in [1.82, 2.24) is 19.7 Å². The Balaban J connectivity index is 2.32. The molecule has 0 aromatic carbocycles. The van der Waals surface area contributed by atoms with Gasteiger partial charge in [-0.1, -0.05) is 6.07 Å². The molecule has 0 unspecified atom stereocenters. The maximum atomic E-state index is 11.9. The molecule has 0 fully saturated rings. The fourth-order valence-electron chi connectivity index (χ4n) is 3.97. The summed E-state index contributed by atoms with van der Waals surface area (Å²) in [4.78, 5) is 55.8. The first-order valence-corrected chi connectivity index (χ1v) is 11.1. The van der Waals surface area contributed by atoms with Crippen LogP contribution in [0.1, 0.15) is 37.1 Å². The van der Waals surface area contributed by atoms with Gasteiger partial charge in [0.25, 0.3) is 0 Å². The molecule has 2 bridgehead atoms. The Morgan fingerprint density at radius 2 is 1.21 bits per heavy atom. The Labute approximate surface area is 197 Å². The van der Waals surface area contributed by atoms with Crippen LogP contribution in [0.3, 0.4) is 0 Å². The van der Waals surface area contributed by atoms with Gasteiger partial charge in [0.1, 0.15) is 12.1 Å². The number of likely N-dealkylation sites (N-methyl/N-ethyl adjacent to an activating group) is 1. The fraction of sp³-hybridized carbons (Fsp3) is 0.591. The molecular weight excluding hydrogens is 448 g/mol. The van der Waals surface area contributed by atoms with Gasteiger partial charge < -0.3 is 25.3 Å². The van der Waals surface area contributed by atoms with Crippen molar-refractivity contribution in [2.24, 2.45) is 0 Å². The third-order valence-corrected chi connectivity index (χ3v) is 5.85. The van der Waals surface area contributed by atoms with Crippen molar-refractivity contribution in [3.05, 3.63) is 29.6 Å². The quantitative estimate of drug-likeness (QED) is 0.361. The molecule has 1 aliphatic rings. The van der Waals surface area contributed by atoms with Crippen LogP contribution in [0.15, 0.2) is 18.2 Å². The van der Waals surface area contributed by atoms with Crippen LogP contribution >= 0.6 is 0 Å². The van der Waals surface area contributed by atoms with Gasteiger partial charge in [0.05, 0.1) is 11.4 Å². The highest BCUT2D eigenvalue weighted by Crippen LogP contribution is 2.17. The first kappa shape index (κ1) is 27.2. The number of hydrogen-bond donors (Lipinski definition) is 4. The molecule has 188 valence electrons. The zero-order chi connectivity index (χ0) is 25.3. The number of carboxylic acid groups (broad SMARTS) is 4. The second-order valence-corrected chi connectivity index (χ2v) is 8.44. The van der Waals surface area contributed by atoms with E-state index in [-0.39, 0.29) is 38.8 Å². The van der Waals surface area contributed by atoms with Crippen molar-refractivity contribution in [1.29, 1.82) is 0 Å². The summed E-state index contributed by atoms with van der Waals surface area (Å²) in [5.41, 5.74) is 1.17. The number of carbonyl (C=O) groups is 4. The Morgan fingerprint density at radius 1 is 0.794 bits per heavy atom. The average Bonchev–Trinajstić information content (AvgIpc) is 2.74. The first-order valence-electron chi connectivity index (χ1n) is 11.1. The molecule has 2 heterocycles. The van der Waals surface area contributed by atoms with Crippen LogP contribution in [-0.2, 0) is 32.3 Å². The molecule has 1 aliphatic heterocycles. The van der Waals surface area contributed by atoms with Gasteiger partial charge in [0.2, 0.25) is 0 Å². The van der Waals surface area contributed by atoms with E-state index in [1.54, 1.807) is 28.0 Å². The molecule has 0 radical (unpaired) electrons. The van der Waals surface area contributed by atoms with E-state index in [1.807, 2.05) is 11.9 Å². The molecule has 1 aromatic heterocycles. The third kappa shape index (κ3) is 8.69. The van der Waals surface area contributed by atoms with Gasteiger partial charge in [-0.2, -0.15) is 0 Å². The zero-order valence-electron chi connectivity index (χ0n) is 19.2. The van der Waals surface area contributed by atoms with Crippen molar-refractivity contribution in [2.75, 3.05) is 33.2 Å². The molecule has 34 heavy (non-hydrogen) atoms. The zero-order valence-corrected chi connectivity index (χ0v) is 19.2. The molecule has 2 atom stereocenters. The van der Waals surface area contributed by atoms with Crippen molar-refractivity contribution in [3.8, 4) is 0 Å². The summed E-state index contributed by atoms with van der Waals surface area (Å²) in [5, 5.41) is 37.5. The number of aliphatic carboxylic acids is 4. The van der Waals surface area contributed by atoms with Crippen molar-refractivity contribution in [3.63, 3.8) is 0 Å². The van der Waals surface area contributed by atoms with E-state index in [9.17, 15) is 29.4 Å². The second kappa shape index (κ2) is 13.0. The lowest BCUT2D eigenvalue weighted by Gasteiger charge is -2.33. The van der Waals surface area contributed by atoms with E-state index >= 15 is 0 Å². The van der Waals surface area contributed by atoms with Gasteiger partial charge in [-0.25, -0.2) is 0 Å². The summed E-state index contributed by atoms with van der Waals surface area (Å²) < 4.78 is 0. The summed E-state index contributed by atoms with van der Waals surface area (Å²) in [6, 6.07) is 3.27. The molecule has 0 aliphatic carbocycles. The van der Waals surface area contributed by atoms with Gasteiger partial charge in [0.15, 0.2) is 0 Å². The number of aromatic nitrogens is 1. The number of carboxylic acids is 4. The van der Waals surface area contributed by atoms with Crippen molar-refractivity contribution in [2.45, 2.75) is 50.9 Å². The monoisotopic (exact) mass is 480 g/mol. The van der Waals surface area contributed by atoms with Crippen LogP contribution in [0, 0.1) is 0 Å². The molecular formula is C22H32N4O8. The Bertz CT molecular complexity index is 815. The lowest BCUT2D eigenvalue weighted by Crippen LogP contribution is -2.47. The van der Waals surface area contributed by atoms with Crippen molar-refractivity contribution < 1.29 is 39.6 Å². The Morgan fingerprint density at radius 3 is 1.56 bits per heavy atom. The van der Waals surface area contributed by atoms with Gasteiger partial charge in [0, 0.05) is 52.1 Å². The normalized spacial score (nSPS) is 18.3. The lowest BCUT2D eigenvalue weighted by atomic mass is 10.1. The third-order valence-electron chi connectivity index (χ3n) is 5.85. The minimum atomic E-state index is -1.10. The van der Waals surface area contributed by atoms with E-state index < -0.39 is 36.0 Å². The Kier molecular flexibility index (Phi) is 10.4. The van der Waals surface area contributed by atoms with Gasteiger partial charge in [-0.15, -0.1) is 0 Å². The number of pyridine rings is 1. The summed E-state index contributed by atoms with van der Waals surface area (Å²) >= 11 is 0. The van der Waals surface area contributed by atoms with Gasteiger partial charge in [-0.3, -0.25) is 34.0 Å². The predicted molar refractivity (Wildman–Crippen MR) is 119 cm³/mol. The first-order chi connectivity index (χ1) is 16.1. The Hall–Kier alpha value is -3.09. The topological polar surface area (TPSA) is 172 Å². The number of rotatable bonds is 10. The highest BCUT2D eigenvalue weighted by molar-refractivity contribution is 5.75. The molecule has 4 N–H and O–H groups in total. The summed E-state index contributed by atoms with van der Waals surface area (Å²) in [6.07, 6.45) is -0.602. The number of hydrogen-bond acceptors (Lipinski definition) is 8. The molecule has 0 amide bonds. The van der Waals surface area contributed by atoms with E-state index in [4.69, 9.17) is 10.2 Å². The molecule has 12 heteroatoms. The number of nitrogens with zero attached hydrogens (tertiary/aromatic N) is 4. The molecule has 0 saturated carbocycles. The average molecular weight is 481 g/mol. The lowest BCUT2D eigenvalue weighted by molar-refractivity contribution is -0.146. The minimum absolute atomic E-state index is 0.0360. The fourth-order valence-corrected chi connectivity index (χ4v) is 3.97. The van der Waals surface area contributed by atoms with Crippen LogP contribution in [-0.4, -0.2) is 109 Å². The maximum absolute atomic E-state index is 11.9. The molecule has 0 saturated heterocycles. The highest BCUT2D eigenvalue weighted by Gasteiger charge is 2.29. The van der Waals surface area contributed by atoms with Crippen LogP contribution in [0.25, 0.3) is 0 Å². The molecule has 12 nitrogen and oxygen atoms in total. The standard InChI is InChI=1S/C22H32N4O8/c1-24-9-11-25(17(21(31)32)5-7-19(27)28)13-15-3-2-4-16(23-15)14-26(12-10-24)18(22(33)34)6-8-20(29)30/h2-4,17-18H,5-14H2,1H3,(H,27,28)(H,29,30)(H,31,32)(H,33,34)/t17-,18-/m1/s1. The summed E-state index contributed by atoms with van der Waals surface area (Å²) in [7, 11) is 1.83. The highest BCUT2D eigenvalue weighted by atomic mass is 16.4. The minimum Gasteiger partial charge on any atom is -0.481 e. The van der Waals surface area contributed by atoms with E-state index in [0.29, 0.717) is 37.6 Å². The van der Waals surface area contributed by atoms with Gasteiger partial charge >= 0.3 is 23.9 Å². The summed E-state index contributed by atoms with van der Waals surface area (Å²) in [5.74, 6) is -4.32. The summed E-state index contributed by atoms with van der Waals surface area (Å²) in [6.45, 7) is 2.02. The van der Waals surface area contributed by atoms with E-state index in [2.05, 4.69) is 4.98 Å². The van der Waals surface area contributed by atoms with Gasteiger partial charge in [-0.05, 0) is 32.0 Å². The molecule has 0 spiro atoms. The van der Waals surface area contributed by atoms with E-state index in [0.717, 1.165) is 0 Å². The predicted octanol–water partition coefficient (Wildman–Crippen LogP) is 0.267. The molecule has 2 rings (SSSR count). The molecule has 1 aromatic rings. The van der Waals surface area contributed by atoms with Crippen LogP contribution in [0.4, 0.5) is 0 Å². The van der Waals surface area contributed by atoms with E-state index in [1.165, 1.54) is 0 Å².